The smallest absolute Gasteiger partial charge is 0.143 e. The van der Waals surface area contributed by atoms with Crippen molar-refractivity contribution in [3.63, 3.8) is 0 Å². The number of hydrogen-bond donors (Lipinski definition) is 1. The highest BCUT2D eigenvalue weighted by Crippen LogP contribution is 2.29. The Hall–Kier alpha value is -3.27. The van der Waals surface area contributed by atoms with Crippen LogP contribution < -0.4 is 5.32 Å². The molecule has 0 atom stereocenters. The number of nitrogens with zero attached hydrogens (tertiary/aromatic N) is 5. The van der Waals surface area contributed by atoms with Crippen LogP contribution in [0, 0.1) is 17.1 Å². The van der Waals surface area contributed by atoms with Crippen LogP contribution >= 0.6 is 0 Å². The average Bonchev–Trinajstić information content (AvgIpc) is 2.62. The zero-order chi connectivity index (χ0) is 16.5. The van der Waals surface area contributed by atoms with Gasteiger partial charge in [-0.1, -0.05) is 6.07 Å². The first kappa shape index (κ1) is 14.3. The van der Waals surface area contributed by atoms with Crippen LogP contribution in [-0.2, 0) is 0 Å². The number of nitriles is 1. The number of nitrogens with one attached hydrogen (secondary N) is 1. The van der Waals surface area contributed by atoms with Gasteiger partial charge < -0.3 is 10.2 Å². The minimum Gasteiger partial charge on any atom is -0.339 e. The maximum Gasteiger partial charge on any atom is 0.143 e. The van der Waals surface area contributed by atoms with Gasteiger partial charge in [-0.2, -0.15) is 5.26 Å². The summed E-state index contributed by atoms with van der Waals surface area (Å²) >= 11 is 0. The molecule has 24 heavy (non-hydrogen) atoms. The number of aromatic nitrogens is 1. The zero-order valence-electron chi connectivity index (χ0n) is 12.7. The Kier molecular flexibility index (Phi) is 3.43. The second-order valence-electron chi connectivity index (χ2n) is 5.48. The summed E-state index contributed by atoms with van der Waals surface area (Å²) in [6.45, 7) is 1.67. The van der Waals surface area contributed by atoms with E-state index in [1.165, 1.54) is 6.07 Å². The Morgan fingerprint density at radius 3 is 3.12 bits per heavy atom. The van der Waals surface area contributed by atoms with Gasteiger partial charge in [0.05, 0.1) is 23.9 Å². The zero-order valence-corrected chi connectivity index (χ0v) is 12.7. The monoisotopic (exact) mass is 320 g/mol. The van der Waals surface area contributed by atoms with E-state index in [9.17, 15) is 4.39 Å². The SMILES string of the molecule is N#Cc1c(F)cccc1Nc1cc2c(cn1)N=CN1CCCN=C21. The topological polar surface area (TPSA) is 76.7 Å². The van der Waals surface area contributed by atoms with Crippen LogP contribution in [-0.4, -0.2) is 35.1 Å². The van der Waals surface area contributed by atoms with Gasteiger partial charge in [-0.3, -0.25) is 4.99 Å². The predicted molar refractivity (Wildman–Crippen MR) is 89.5 cm³/mol. The number of fused-ring (bicyclic) bond motifs is 3. The van der Waals surface area contributed by atoms with E-state index in [0.717, 1.165) is 36.6 Å². The molecule has 2 aromatic rings. The van der Waals surface area contributed by atoms with E-state index >= 15 is 0 Å². The summed E-state index contributed by atoms with van der Waals surface area (Å²) in [4.78, 5) is 15.3. The minimum atomic E-state index is -0.562. The van der Waals surface area contributed by atoms with E-state index in [-0.39, 0.29) is 5.56 Å². The highest BCUT2D eigenvalue weighted by molar-refractivity contribution is 6.11. The van der Waals surface area contributed by atoms with E-state index in [1.807, 2.05) is 17.0 Å². The summed E-state index contributed by atoms with van der Waals surface area (Å²) in [5.74, 6) is 0.825. The summed E-state index contributed by atoms with van der Waals surface area (Å²) in [5, 5.41) is 12.1. The van der Waals surface area contributed by atoms with Crippen LogP contribution in [0.1, 0.15) is 17.5 Å². The van der Waals surface area contributed by atoms with Gasteiger partial charge in [0.15, 0.2) is 0 Å². The second kappa shape index (κ2) is 5.74. The molecule has 0 bridgehead atoms. The number of pyridine rings is 1. The van der Waals surface area contributed by atoms with Gasteiger partial charge in [-0.05, 0) is 24.6 Å². The molecule has 2 aliphatic heterocycles. The van der Waals surface area contributed by atoms with E-state index in [0.29, 0.717) is 11.5 Å². The number of hydrogen-bond acceptors (Lipinski definition) is 6. The molecule has 3 heterocycles. The molecule has 1 aromatic carbocycles. The lowest BCUT2D eigenvalue weighted by Gasteiger charge is -2.29. The summed E-state index contributed by atoms with van der Waals surface area (Å²) in [6, 6.07) is 8.15. The fraction of sp³-hybridized carbons (Fsp3) is 0.176. The molecule has 6 nitrogen and oxygen atoms in total. The van der Waals surface area contributed by atoms with Gasteiger partial charge in [0.1, 0.15) is 29.1 Å². The number of rotatable bonds is 2. The molecule has 0 aliphatic carbocycles. The third-order valence-corrected chi connectivity index (χ3v) is 3.94. The quantitative estimate of drug-likeness (QED) is 0.923. The van der Waals surface area contributed by atoms with Crippen LogP contribution in [0.4, 0.5) is 21.6 Å². The van der Waals surface area contributed by atoms with E-state index in [4.69, 9.17) is 5.26 Å². The van der Waals surface area contributed by atoms with Crippen molar-refractivity contribution in [2.45, 2.75) is 6.42 Å². The number of halogens is 1. The lowest BCUT2D eigenvalue weighted by molar-refractivity contribution is 0.558. The van der Waals surface area contributed by atoms with Crippen molar-refractivity contribution in [3.05, 3.63) is 47.4 Å². The van der Waals surface area contributed by atoms with Crippen molar-refractivity contribution < 1.29 is 4.39 Å². The molecule has 1 aromatic heterocycles. The Labute approximate surface area is 138 Å². The fourth-order valence-electron chi connectivity index (χ4n) is 2.79. The first-order chi connectivity index (χ1) is 11.8. The highest BCUT2D eigenvalue weighted by atomic mass is 19.1. The Morgan fingerprint density at radius 1 is 1.33 bits per heavy atom. The normalized spacial score (nSPS) is 15.2. The van der Waals surface area contributed by atoms with Gasteiger partial charge in [-0.25, -0.2) is 14.4 Å². The third-order valence-electron chi connectivity index (χ3n) is 3.94. The van der Waals surface area contributed by atoms with Gasteiger partial charge in [0, 0.05) is 18.7 Å². The Balaban J connectivity index is 1.73. The van der Waals surface area contributed by atoms with E-state index < -0.39 is 5.82 Å². The van der Waals surface area contributed by atoms with E-state index in [2.05, 4.69) is 20.3 Å². The fourth-order valence-corrected chi connectivity index (χ4v) is 2.79. The van der Waals surface area contributed by atoms with Crippen LogP contribution in [0.5, 0.6) is 0 Å². The number of amidine groups is 1. The maximum absolute atomic E-state index is 13.7. The largest absolute Gasteiger partial charge is 0.339 e. The molecule has 0 saturated heterocycles. The van der Waals surface area contributed by atoms with Crippen molar-refractivity contribution in [1.29, 1.82) is 5.26 Å². The van der Waals surface area contributed by atoms with Crippen molar-refractivity contribution in [1.82, 2.24) is 9.88 Å². The molecule has 0 spiro atoms. The average molecular weight is 320 g/mol. The van der Waals surface area contributed by atoms with Gasteiger partial charge in [0.25, 0.3) is 0 Å². The predicted octanol–water partition coefficient (Wildman–Crippen LogP) is 2.96. The first-order valence-electron chi connectivity index (χ1n) is 7.57. The molecule has 7 heteroatoms. The van der Waals surface area contributed by atoms with Gasteiger partial charge in [-0.15, -0.1) is 0 Å². The molecule has 0 unspecified atom stereocenters. The molecule has 1 N–H and O–H groups in total. The van der Waals surface area contributed by atoms with Crippen molar-refractivity contribution >= 4 is 29.4 Å². The summed E-state index contributed by atoms with van der Waals surface area (Å²) in [7, 11) is 0. The first-order valence-corrected chi connectivity index (χ1v) is 7.57. The molecule has 118 valence electrons. The summed E-state index contributed by atoms with van der Waals surface area (Å²) in [6.07, 6.45) is 4.42. The Bertz CT molecular complexity index is 912. The number of anilines is 2. The van der Waals surface area contributed by atoms with Crippen LogP contribution in [0.25, 0.3) is 0 Å². The standard InChI is InChI=1S/C17H13FN6/c18-13-3-1-4-14(12(13)8-19)23-16-7-11-15(9-21-16)22-10-24-6-2-5-20-17(11)24/h1,3-4,7,9-10H,2,5-6H2,(H,21,23). The van der Waals surface area contributed by atoms with Crippen molar-refractivity contribution in [2.24, 2.45) is 9.98 Å². The molecular weight excluding hydrogens is 307 g/mol. The highest BCUT2D eigenvalue weighted by Gasteiger charge is 2.23. The Morgan fingerprint density at radius 2 is 2.25 bits per heavy atom. The third kappa shape index (κ3) is 2.38. The number of aliphatic imine (C=N–C) groups is 2. The van der Waals surface area contributed by atoms with E-state index in [1.54, 1.807) is 24.7 Å². The minimum absolute atomic E-state index is 0.0355. The molecule has 0 saturated carbocycles. The van der Waals surface area contributed by atoms with Crippen LogP contribution in [0.3, 0.4) is 0 Å². The number of benzene rings is 1. The summed E-state index contributed by atoms with van der Waals surface area (Å²) < 4.78 is 13.7. The lowest BCUT2D eigenvalue weighted by atomic mass is 10.1. The van der Waals surface area contributed by atoms with Gasteiger partial charge >= 0.3 is 0 Å². The second-order valence-corrected chi connectivity index (χ2v) is 5.48. The van der Waals surface area contributed by atoms with Crippen LogP contribution in [0.2, 0.25) is 0 Å². The summed E-state index contributed by atoms with van der Waals surface area (Å²) in [5.41, 5.74) is 1.97. The maximum atomic E-state index is 13.7. The van der Waals surface area contributed by atoms with Crippen molar-refractivity contribution in [3.8, 4) is 6.07 Å². The molecular formula is C17H13FN6. The lowest BCUT2D eigenvalue weighted by Crippen LogP contribution is -2.37. The molecule has 0 amide bonds. The molecule has 2 aliphatic rings. The molecule has 0 fully saturated rings. The molecule has 0 radical (unpaired) electrons. The van der Waals surface area contributed by atoms with Crippen LogP contribution in [0.15, 0.2) is 40.4 Å². The van der Waals surface area contributed by atoms with Gasteiger partial charge in [0.2, 0.25) is 0 Å². The molecule has 4 rings (SSSR count). The van der Waals surface area contributed by atoms with Crippen molar-refractivity contribution in [2.75, 3.05) is 18.4 Å².